The minimum absolute atomic E-state index is 0.0428. The molecule has 1 N–H and O–H groups in total. The number of aryl methyl sites for hydroxylation is 1. The Morgan fingerprint density at radius 1 is 0.969 bits per heavy atom. The van der Waals surface area contributed by atoms with Crippen LogP contribution in [-0.4, -0.2) is 66.7 Å². The van der Waals surface area contributed by atoms with E-state index in [2.05, 4.69) is 0 Å². The molecule has 32 heavy (non-hydrogen) atoms. The van der Waals surface area contributed by atoms with E-state index in [1.165, 1.54) is 12.1 Å². The van der Waals surface area contributed by atoms with Gasteiger partial charge in [-0.25, -0.2) is 17.2 Å². The topological polar surface area (TPSA) is 95.0 Å². The molecule has 1 aliphatic heterocycles. The summed E-state index contributed by atoms with van der Waals surface area (Å²) in [6.07, 6.45) is 0.371. The number of unbranched alkanes of at least 4 members (excludes halogenated alkanes) is 1. The van der Waals surface area contributed by atoms with Crippen LogP contribution >= 0.6 is 0 Å². The number of sulfonamides is 1. The zero-order valence-corrected chi connectivity index (χ0v) is 18.3. The van der Waals surface area contributed by atoms with Gasteiger partial charge in [-0.1, -0.05) is 29.8 Å². The Balaban J connectivity index is 1.68. The van der Waals surface area contributed by atoms with Gasteiger partial charge in [0.1, 0.15) is 6.61 Å². The van der Waals surface area contributed by atoms with Crippen molar-refractivity contribution >= 4 is 21.8 Å². The van der Waals surface area contributed by atoms with Crippen LogP contribution < -0.4 is 0 Å². The fourth-order valence-electron chi connectivity index (χ4n) is 3.45. The van der Waals surface area contributed by atoms with Gasteiger partial charge in [0, 0.05) is 13.1 Å². The normalized spacial score (nSPS) is 14.3. The number of fused-ring (bicyclic) bond motifs is 1. The molecule has 7 nitrogen and oxygen atoms in total. The highest BCUT2D eigenvalue weighted by Crippen LogP contribution is 2.24. The summed E-state index contributed by atoms with van der Waals surface area (Å²) in [5.41, 5.74) is 1.43. The Hall–Kier alpha value is -2.69. The van der Waals surface area contributed by atoms with Crippen molar-refractivity contribution < 1.29 is 31.9 Å². The predicted octanol–water partition coefficient (Wildman–Crippen LogP) is 2.69. The van der Waals surface area contributed by atoms with E-state index in [0.717, 1.165) is 10.5 Å². The first-order valence-electron chi connectivity index (χ1n) is 10.1. The fourth-order valence-corrected chi connectivity index (χ4v) is 4.96. The van der Waals surface area contributed by atoms with Gasteiger partial charge in [0.2, 0.25) is 10.0 Å². The largest absolute Gasteiger partial charge is 0.390 e. The molecular weight excluding hydrogens is 442 g/mol. The summed E-state index contributed by atoms with van der Waals surface area (Å²) in [7, 11) is -4.23. The highest BCUT2D eigenvalue weighted by Gasteiger charge is 2.37. The highest BCUT2D eigenvalue weighted by molar-refractivity contribution is 7.89. The second-order valence-electron chi connectivity index (χ2n) is 7.68. The number of alkyl halides is 2. The molecule has 2 amide bonds. The number of hydrogen-bond donors (Lipinski definition) is 1. The highest BCUT2D eigenvalue weighted by atomic mass is 32.2. The number of nitrogens with zero attached hydrogens (tertiary/aromatic N) is 2. The van der Waals surface area contributed by atoms with Crippen LogP contribution in [0.4, 0.5) is 8.78 Å². The lowest BCUT2D eigenvalue weighted by Crippen LogP contribution is -2.43. The Morgan fingerprint density at radius 3 is 2.06 bits per heavy atom. The Kier molecular flexibility index (Phi) is 7.06. The van der Waals surface area contributed by atoms with Crippen molar-refractivity contribution in [2.75, 3.05) is 26.2 Å². The van der Waals surface area contributed by atoms with Crippen molar-refractivity contribution in [2.45, 2.75) is 30.6 Å². The van der Waals surface area contributed by atoms with Gasteiger partial charge in [0.25, 0.3) is 17.7 Å². The second kappa shape index (κ2) is 9.43. The third-order valence-electron chi connectivity index (χ3n) is 5.22. The Morgan fingerprint density at radius 2 is 1.53 bits per heavy atom. The van der Waals surface area contributed by atoms with Gasteiger partial charge in [-0.2, -0.15) is 4.31 Å². The molecule has 0 saturated carbocycles. The molecule has 0 aliphatic carbocycles. The third kappa shape index (κ3) is 5.03. The van der Waals surface area contributed by atoms with Crippen LogP contribution in [0.2, 0.25) is 0 Å². The smallest absolute Gasteiger partial charge is 0.284 e. The zero-order chi connectivity index (χ0) is 23.5. The summed E-state index contributed by atoms with van der Waals surface area (Å²) in [5.74, 6) is -4.47. The molecule has 3 rings (SSSR count). The summed E-state index contributed by atoms with van der Waals surface area (Å²) < 4.78 is 54.2. The molecule has 0 aromatic heterocycles. The number of hydrogen-bond acceptors (Lipinski definition) is 5. The van der Waals surface area contributed by atoms with Crippen molar-refractivity contribution in [3.63, 3.8) is 0 Å². The molecule has 172 valence electrons. The van der Waals surface area contributed by atoms with Gasteiger partial charge >= 0.3 is 0 Å². The van der Waals surface area contributed by atoms with Crippen molar-refractivity contribution in [1.82, 2.24) is 9.21 Å². The first kappa shape index (κ1) is 24.0. The summed E-state index contributed by atoms with van der Waals surface area (Å²) in [4.78, 5) is 25.8. The van der Waals surface area contributed by atoms with Gasteiger partial charge in [-0.05, 0) is 44.0 Å². The summed E-state index contributed by atoms with van der Waals surface area (Å²) in [6, 6.07) is 12.2. The lowest BCUT2D eigenvalue weighted by atomic mass is 10.1. The van der Waals surface area contributed by atoms with Crippen molar-refractivity contribution in [3.05, 3.63) is 65.2 Å². The quantitative estimate of drug-likeness (QED) is 0.429. The van der Waals surface area contributed by atoms with E-state index >= 15 is 0 Å². The number of carbonyl (C=O) groups excluding carboxylic acids is 2. The maximum atomic E-state index is 13.9. The van der Waals surface area contributed by atoms with Gasteiger partial charge in [-0.3, -0.25) is 14.5 Å². The Bertz CT molecular complexity index is 1070. The van der Waals surface area contributed by atoms with Crippen LogP contribution in [0, 0.1) is 6.92 Å². The van der Waals surface area contributed by atoms with Gasteiger partial charge in [0.15, 0.2) is 0 Å². The number of aliphatic hydroxyl groups is 1. The maximum Gasteiger partial charge on any atom is 0.284 e. The number of carbonyl (C=O) groups is 2. The van der Waals surface area contributed by atoms with E-state index in [4.69, 9.17) is 5.11 Å². The van der Waals surface area contributed by atoms with Crippen LogP contribution in [-0.2, 0) is 10.0 Å². The summed E-state index contributed by atoms with van der Waals surface area (Å²) in [5, 5.41) is 8.92. The number of rotatable bonds is 10. The first-order valence-corrected chi connectivity index (χ1v) is 11.5. The molecule has 0 spiro atoms. The van der Waals surface area contributed by atoms with Crippen molar-refractivity contribution in [3.8, 4) is 0 Å². The van der Waals surface area contributed by atoms with E-state index in [0.29, 0.717) is 15.4 Å². The number of aliphatic hydroxyl groups excluding tert-OH is 1. The average molecular weight is 467 g/mol. The number of amides is 2. The van der Waals surface area contributed by atoms with Crippen LogP contribution in [0.5, 0.6) is 0 Å². The van der Waals surface area contributed by atoms with E-state index in [-0.39, 0.29) is 30.8 Å². The lowest BCUT2D eigenvalue weighted by Gasteiger charge is -2.26. The number of imide groups is 1. The van der Waals surface area contributed by atoms with Gasteiger partial charge < -0.3 is 5.11 Å². The molecule has 0 radical (unpaired) electrons. The monoisotopic (exact) mass is 466 g/mol. The molecule has 0 saturated heterocycles. The van der Waals surface area contributed by atoms with Crippen LogP contribution in [0.15, 0.2) is 53.4 Å². The molecular formula is C22H24F2N2O5S. The third-order valence-corrected chi connectivity index (χ3v) is 7.07. The molecule has 2 aromatic carbocycles. The zero-order valence-electron chi connectivity index (χ0n) is 17.5. The molecule has 0 fully saturated rings. The fraction of sp³-hybridized carbons (Fsp3) is 0.364. The van der Waals surface area contributed by atoms with Crippen LogP contribution in [0.1, 0.15) is 39.1 Å². The number of benzene rings is 2. The van der Waals surface area contributed by atoms with Gasteiger partial charge in [0.05, 0.1) is 22.6 Å². The predicted molar refractivity (Wildman–Crippen MR) is 113 cm³/mol. The standard InChI is InChI=1S/C22H24F2N2O5S/c1-16-8-10-17(11-9-16)32(30,31)25(14-22(23,24)15-27)12-4-5-13-26-20(28)18-6-2-3-7-19(18)21(26)29/h2-3,6-11,27H,4-5,12-15H2,1H3. The first-order chi connectivity index (χ1) is 15.1. The maximum absolute atomic E-state index is 13.9. The van der Waals surface area contributed by atoms with Crippen LogP contribution in [0.3, 0.4) is 0 Å². The molecule has 0 bridgehead atoms. The summed E-state index contributed by atoms with van der Waals surface area (Å²) >= 11 is 0. The van der Waals surface area contributed by atoms with E-state index < -0.39 is 40.9 Å². The van der Waals surface area contributed by atoms with Crippen molar-refractivity contribution in [1.29, 1.82) is 0 Å². The minimum atomic E-state index is -4.23. The second-order valence-corrected chi connectivity index (χ2v) is 9.62. The lowest BCUT2D eigenvalue weighted by molar-refractivity contribution is -0.0605. The minimum Gasteiger partial charge on any atom is -0.390 e. The van der Waals surface area contributed by atoms with E-state index in [1.807, 2.05) is 0 Å². The van der Waals surface area contributed by atoms with E-state index in [1.54, 1.807) is 43.3 Å². The molecule has 2 aromatic rings. The van der Waals surface area contributed by atoms with Crippen LogP contribution in [0.25, 0.3) is 0 Å². The van der Waals surface area contributed by atoms with E-state index in [9.17, 15) is 26.8 Å². The molecule has 0 unspecified atom stereocenters. The Labute approximate surface area is 185 Å². The molecule has 0 atom stereocenters. The molecule has 1 heterocycles. The SMILES string of the molecule is Cc1ccc(S(=O)(=O)N(CCCCN2C(=O)c3ccccc3C2=O)CC(F)(F)CO)cc1. The molecule has 10 heteroatoms. The van der Waals surface area contributed by atoms with Crippen molar-refractivity contribution in [2.24, 2.45) is 0 Å². The summed E-state index contributed by atoms with van der Waals surface area (Å²) in [6.45, 7) is -1.10. The van der Waals surface area contributed by atoms with Gasteiger partial charge in [-0.15, -0.1) is 0 Å². The number of halogens is 2. The molecule has 1 aliphatic rings. The average Bonchev–Trinajstić information content (AvgIpc) is 3.01.